The Morgan fingerprint density at radius 1 is 1.20 bits per heavy atom. The van der Waals surface area contributed by atoms with Crippen LogP contribution in [0, 0.1) is 0 Å². The number of rotatable bonds is 4. The number of hydrogen-bond donors (Lipinski definition) is 1. The lowest BCUT2D eigenvalue weighted by atomic mass is 10.1. The van der Waals surface area contributed by atoms with E-state index in [0.717, 1.165) is 18.5 Å². The van der Waals surface area contributed by atoms with Crippen LogP contribution in [0.15, 0.2) is 24.3 Å². The third-order valence-corrected chi connectivity index (χ3v) is 3.51. The van der Waals surface area contributed by atoms with E-state index < -0.39 is 11.9 Å². The fourth-order valence-corrected chi connectivity index (χ4v) is 2.20. The number of nitrogens with zero attached hydrogens (tertiary/aromatic N) is 1. The Kier molecular flexibility index (Phi) is 5.89. The van der Waals surface area contributed by atoms with Crippen molar-refractivity contribution in [3.63, 3.8) is 0 Å². The molecule has 6 heteroatoms. The van der Waals surface area contributed by atoms with Crippen molar-refractivity contribution in [2.24, 2.45) is 0 Å². The monoisotopic (exact) mass is 305 g/mol. The maximum Gasteiger partial charge on any atom is 0.335 e. The first-order valence-electron chi connectivity index (χ1n) is 6.39. The van der Waals surface area contributed by atoms with Crippen LogP contribution in [0.2, 0.25) is 0 Å². The number of alkyl halides is 2. The molecule has 1 aromatic carbocycles. The number of halogens is 3. The first kappa shape index (κ1) is 16.9. The van der Waals surface area contributed by atoms with Crippen LogP contribution in [-0.2, 0) is 6.42 Å². The first-order valence-corrected chi connectivity index (χ1v) is 6.39. The van der Waals surface area contributed by atoms with E-state index >= 15 is 0 Å². The third-order valence-electron chi connectivity index (χ3n) is 3.51. The molecular formula is C14H18ClF2NO2. The molecule has 1 aliphatic rings. The van der Waals surface area contributed by atoms with Crippen LogP contribution in [0.1, 0.15) is 28.8 Å². The Morgan fingerprint density at radius 2 is 1.75 bits per heavy atom. The molecule has 3 nitrogen and oxygen atoms in total. The number of hydrogen-bond acceptors (Lipinski definition) is 2. The first-order chi connectivity index (χ1) is 8.96. The summed E-state index contributed by atoms with van der Waals surface area (Å²) in [5.74, 6) is -3.44. The van der Waals surface area contributed by atoms with Crippen molar-refractivity contribution in [1.82, 2.24) is 4.90 Å². The predicted octanol–water partition coefficient (Wildman–Crippen LogP) is 3.08. The fraction of sp³-hybridized carbons (Fsp3) is 0.500. The average Bonchev–Trinajstić information content (AvgIpc) is 2.38. The zero-order valence-electron chi connectivity index (χ0n) is 11.0. The maximum absolute atomic E-state index is 13.0. The average molecular weight is 306 g/mol. The molecule has 1 saturated heterocycles. The van der Waals surface area contributed by atoms with Gasteiger partial charge in [-0.3, -0.25) is 0 Å². The molecule has 2 rings (SSSR count). The Balaban J connectivity index is 0.00000200. The minimum absolute atomic E-state index is 0. The Hall–Kier alpha value is -1.20. The summed E-state index contributed by atoms with van der Waals surface area (Å²) in [7, 11) is 0. The molecule has 20 heavy (non-hydrogen) atoms. The lowest BCUT2D eigenvalue weighted by Crippen LogP contribution is -2.40. The maximum atomic E-state index is 13.0. The molecule has 0 bridgehead atoms. The summed E-state index contributed by atoms with van der Waals surface area (Å²) in [5, 5.41) is 8.78. The van der Waals surface area contributed by atoms with Gasteiger partial charge in [-0.15, -0.1) is 12.4 Å². The van der Waals surface area contributed by atoms with E-state index in [-0.39, 0.29) is 30.8 Å². The highest BCUT2D eigenvalue weighted by atomic mass is 35.5. The molecule has 0 aromatic heterocycles. The van der Waals surface area contributed by atoms with Crippen molar-refractivity contribution in [3.05, 3.63) is 35.4 Å². The Bertz CT molecular complexity index is 441. The molecule has 0 saturated carbocycles. The van der Waals surface area contributed by atoms with Crippen LogP contribution in [0.25, 0.3) is 0 Å². The highest BCUT2D eigenvalue weighted by Gasteiger charge is 2.33. The highest BCUT2D eigenvalue weighted by molar-refractivity contribution is 5.87. The highest BCUT2D eigenvalue weighted by Crippen LogP contribution is 2.27. The quantitative estimate of drug-likeness (QED) is 0.929. The van der Waals surface area contributed by atoms with E-state index in [2.05, 4.69) is 0 Å². The van der Waals surface area contributed by atoms with Crippen molar-refractivity contribution >= 4 is 18.4 Å². The number of carboxylic acids is 1. The standard InChI is InChI=1S/C14H17F2NO2.ClH/c15-14(16)6-9-17(10-7-14)8-5-11-1-3-12(4-2-11)13(18)19;/h1-4H,5-10H2,(H,18,19);1H. The second kappa shape index (κ2) is 6.99. The Labute approximate surface area is 123 Å². The topological polar surface area (TPSA) is 40.5 Å². The zero-order valence-corrected chi connectivity index (χ0v) is 11.8. The molecule has 1 aliphatic heterocycles. The van der Waals surface area contributed by atoms with Crippen LogP contribution >= 0.6 is 12.4 Å². The summed E-state index contributed by atoms with van der Waals surface area (Å²) in [6.45, 7) is 1.60. The molecule has 1 fully saturated rings. The van der Waals surface area contributed by atoms with Crippen molar-refractivity contribution in [2.45, 2.75) is 25.2 Å². The van der Waals surface area contributed by atoms with E-state index in [1.54, 1.807) is 24.3 Å². The number of carboxylic acid groups (broad SMARTS) is 1. The molecule has 0 aliphatic carbocycles. The van der Waals surface area contributed by atoms with Crippen molar-refractivity contribution in [2.75, 3.05) is 19.6 Å². The SMILES string of the molecule is Cl.O=C(O)c1ccc(CCN2CCC(F)(F)CC2)cc1. The van der Waals surface area contributed by atoms with E-state index in [0.29, 0.717) is 13.1 Å². The van der Waals surface area contributed by atoms with Gasteiger partial charge in [0.25, 0.3) is 5.92 Å². The van der Waals surface area contributed by atoms with Gasteiger partial charge in [0, 0.05) is 32.5 Å². The summed E-state index contributed by atoms with van der Waals surface area (Å²) in [6.07, 6.45) is 0.626. The smallest absolute Gasteiger partial charge is 0.335 e. The van der Waals surface area contributed by atoms with Gasteiger partial charge < -0.3 is 10.0 Å². The van der Waals surface area contributed by atoms with Gasteiger partial charge in [-0.1, -0.05) is 12.1 Å². The molecule has 112 valence electrons. The number of carbonyl (C=O) groups is 1. The zero-order chi connectivity index (χ0) is 13.9. The molecule has 1 aromatic rings. The molecule has 0 spiro atoms. The lowest BCUT2D eigenvalue weighted by molar-refractivity contribution is -0.0548. The third kappa shape index (κ3) is 4.72. The van der Waals surface area contributed by atoms with Gasteiger partial charge in [0.15, 0.2) is 0 Å². The van der Waals surface area contributed by atoms with Gasteiger partial charge in [0.1, 0.15) is 0 Å². The van der Waals surface area contributed by atoms with E-state index in [9.17, 15) is 13.6 Å². The minimum atomic E-state index is -2.50. The van der Waals surface area contributed by atoms with Crippen LogP contribution in [0.3, 0.4) is 0 Å². The van der Waals surface area contributed by atoms with Gasteiger partial charge in [-0.25, -0.2) is 13.6 Å². The minimum Gasteiger partial charge on any atom is -0.478 e. The van der Waals surface area contributed by atoms with Gasteiger partial charge in [-0.05, 0) is 24.1 Å². The molecule has 1 N–H and O–H groups in total. The van der Waals surface area contributed by atoms with Crippen LogP contribution < -0.4 is 0 Å². The van der Waals surface area contributed by atoms with Crippen molar-refractivity contribution in [1.29, 1.82) is 0 Å². The summed E-state index contributed by atoms with van der Waals surface area (Å²) >= 11 is 0. The normalized spacial score (nSPS) is 18.3. The summed E-state index contributed by atoms with van der Waals surface area (Å²) in [6, 6.07) is 6.70. The lowest BCUT2D eigenvalue weighted by Gasteiger charge is -2.31. The van der Waals surface area contributed by atoms with Gasteiger partial charge in [-0.2, -0.15) is 0 Å². The largest absolute Gasteiger partial charge is 0.478 e. The van der Waals surface area contributed by atoms with Crippen molar-refractivity contribution < 1.29 is 18.7 Å². The predicted molar refractivity (Wildman–Crippen MR) is 75.0 cm³/mol. The number of benzene rings is 1. The second-order valence-electron chi connectivity index (χ2n) is 4.95. The number of likely N-dealkylation sites (tertiary alicyclic amines) is 1. The van der Waals surface area contributed by atoms with E-state index in [1.165, 1.54) is 0 Å². The van der Waals surface area contributed by atoms with Crippen LogP contribution in [0.4, 0.5) is 8.78 Å². The van der Waals surface area contributed by atoms with Crippen LogP contribution in [0.5, 0.6) is 0 Å². The van der Waals surface area contributed by atoms with Gasteiger partial charge in [0.2, 0.25) is 0 Å². The number of aromatic carboxylic acids is 1. The van der Waals surface area contributed by atoms with Gasteiger partial charge >= 0.3 is 5.97 Å². The van der Waals surface area contributed by atoms with Crippen LogP contribution in [-0.4, -0.2) is 41.5 Å². The molecule has 1 heterocycles. The fourth-order valence-electron chi connectivity index (χ4n) is 2.20. The molecular weight excluding hydrogens is 288 g/mol. The summed E-state index contributed by atoms with van der Waals surface area (Å²) < 4.78 is 26.0. The molecule has 0 radical (unpaired) electrons. The summed E-state index contributed by atoms with van der Waals surface area (Å²) in [5.41, 5.74) is 1.30. The molecule has 0 atom stereocenters. The van der Waals surface area contributed by atoms with E-state index in [1.807, 2.05) is 4.90 Å². The number of piperidine rings is 1. The van der Waals surface area contributed by atoms with E-state index in [4.69, 9.17) is 5.11 Å². The molecule has 0 unspecified atom stereocenters. The van der Waals surface area contributed by atoms with Crippen molar-refractivity contribution in [3.8, 4) is 0 Å². The molecule has 0 amide bonds. The van der Waals surface area contributed by atoms with Gasteiger partial charge in [0.05, 0.1) is 5.56 Å². The Morgan fingerprint density at radius 3 is 2.25 bits per heavy atom. The second-order valence-corrected chi connectivity index (χ2v) is 4.95. The summed E-state index contributed by atoms with van der Waals surface area (Å²) in [4.78, 5) is 12.7.